The summed E-state index contributed by atoms with van der Waals surface area (Å²) in [7, 11) is 0. The number of piperazine rings is 1. The zero-order valence-corrected chi connectivity index (χ0v) is 11.3. The summed E-state index contributed by atoms with van der Waals surface area (Å²) in [4.78, 5) is 2.32. The van der Waals surface area contributed by atoms with Gasteiger partial charge in [0, 0.05) is 37.3 Å². The number of hydrogen-bond acceptors (Lipinski definition) is 2. The van der Waals surface area contributed by atoms with Gasteiger partial charge in [0.15, 0.2) is 11.6 Å². The van der Waals surface area contributed by atoms with Gasteiger partial charge in [-0.25, -0.2) is 8.78 Å². The van der Waals surface area contributed by atoms with Crippen LogP contribution < -0.4 is 5.32 Å². The van der Waals surface area contributed by atoms with Crippen LogP contribution in [0.15, 0.2) is 18.2 Å². The highest BCUT2D eigenvalue weighted by atomic mass is 19.2. The first kappa shape index (κ1) is 13.0. The number of rotatable bonds is 3. The number of nitrogens with one attached hydrogen (secondary N) is 1. The van der Waals surface area contributed by atoms with E-state index in [1.165, 1.54) is 18.9 Å². The molecule has 1 aromatic rings. The van der Waals surface area contributed by atoms with E-state index >= 15 is 0 Å². The van der Waals surface area contributed by atoms with Gasteiger partial charge in [0.25, 0.3) is 0 Å². The molecule has 0 radical (unpaired) electrons. The average molecular weight is 266 g/mol. The minimum atomic E-state index is -0.749. The van der Waals surface area contributed by atoms with Crippen molar-refractivity contribution in [1.29, 1.82) is 0 Å². The zero-order valence-electron chi connectivity index (χ0n) is 11.3. The Bertz CT molecular complexity index is 473. The third-order valence-corrected chi connectivity index (χ3v) is 4.61. The lowest BCUT2D eigenvalue weighted by atomic mass is 9.90. The Hall–Kier alpha value is -1.00. The maximum absolute atomic E-state index is 13.8. The van der Waals surface area contributed by atoms with E-state index in [0.717, 1.165) is 19.6 Å². The molecule has 1 aromatic carbocycles. The molecule has 1 atom stereocenters. The third-order valence-electron chi connectivity index (χ3n) is 4.61. The Morgan fingerprint density at radius 3 is 2.89 bits per heavy atom. The minimum Gasteiger partial charge on any atom is -0.314 e. The predicted octanol–water partition coefficient (Wildman–Crippen LogP) is 2.54. The van der Waals surface area contributed by atoms with Crippen molar-refractivity contribution in [3.63, 3.8) is 0 Å². The van der Waals surface area contributed by atoms with Gasteiger partial charge in [0.05, 0.1) is 0 Å². The van der Waals surface area contributed by atoms with Crippen molar-refractivity contribution in [2.45, 2.75) is 31.8 Å². The lowest BCUT2D eigenvalue weighted by Crippen LogP contribution is -2.60. The Morgan fingerprint density at radius 2 is 2.16 bits per heavy atom. The Balaban J connectivity index is 1.82. The lowest BCUT2D eigenvalue weighted by Gasteiger charge is -2.46. The van der Waals surface area contributed by atoms with Gasteiger partial charge in [0.2, 0.25) is 0 Å². The predicted molar refractivity (Wildman–Crippen MR) is 70.8 cm³/mol. The van der Waals surface area contributed by atoms with E-state index in [0.29, 0.717) is 18.0 Å². The Kier molecular flexibility index (Phi) is 3.31. The molecule has 0 bridgehead atoms. The van der Waals surface area contributed by atoms with Crippen molar-refractivity contribution >= 4 is 0 Å². The van der Waals surface area contributed by atoms with E-state index in [9.17, 15) is 8.78 Å². The largest absolute Gasteiger partial charge is 0.314 e. The molecule has 1 N–H and O–H groups in total. The highest BCUT2D eigenvalue weighted by Crippen LogP contribution is 2.44. The third kappa shape index (κ3) is 2.39. The molecule has 2 aliphatic rings. The van der Waals surface area contributed by atoms with Crippen LogP contribution in [-0.4, -0.2) is 30.1 Å². The molecule has 1 unspecified atom stereocenters. The first-order valence-electron chi connectivity index (χ1n) is 7.00. The molecule has 1 aliphatic carbocycles. The second-order valence-corrected chi connectivity index (χ2v) is 5.94. The number of nitrogens with zero attached hydrogens (tertiary/aromatic N) is 1. The second-order valence-electron chi connectivity index (χ2n) is 5.94. The van der Waals surface area contributed by atoms with Crippen LogP contribution in [0.2, 0.25) is 0 Å². The van der Waals surface area contributed by atoms with Crippen LogP contribution in [0.25, 0.3) is 0 Å². The number of halogens is 2. The molecule has 1 aliphatic heterocycles. The second kappa shape index (κ2) is 4.84. The molecular formula is C15H20F2N2. The Labute approximate surface area is 112 Å². The zero-order chi connectivity index (χ0) is 13.5. The van der Waals surface area contributed by atoms with Crippen molar-refractivity contribution in [1.82, 2.24) is 10.2 Å². The summed E-state index contributed by atoms with van der Waals surface area (Å²) < 4.78 is 27.1. The first-order chi connectivity index (χ1) is 9.11. The monoisotopic (exact) mass is 266 g/mol. The van der Waals surface area contributed by atoms with Crippen LogP contribution in [0.3, 0.4) is 0 Å². The van der Waals surface area contributed by atoms with E-state index in [1.807, 2.05) is 0 Å². The van der Waals surface area contributed by atoms with Crippen LogP contribution in [0, 0.1) is 17.6 Å². The van der Waals surface area contributed by atoms with E-state index < -0.39 is 11.6 Å². The normalized spacial score (nSPS) is 28.6. The van der Waals surface area contributed by atoms with Crippen LogP contribution in [0.4, 0.5) is 8.78 Å². The fourth-order valence-corrected chi connectivity index (χ4v) is 3.17. The summed E-state index contributed by atoms with van der Waals surface area (Å²) in [6.07, 6.45) is 2.50. The highest BCUT2D eigenvalue weighted by Gasteiger charge is 2.46. The SMILES string of the molecule is CC1(C2CC2)CNCCN1Cc1cccc(F)c1F. The quantitative estimate of drug-likeness (QED) is 0.904. The topological polar surface area (TPSA) is 15.3 Å². The van der Waals surface area contributed by atoms with Gasteiger partial charge in [-0.05, 0) is 31.7 Å². The fourth-order valence-electron chi connectivity index (χ4n) is 3.17. The van der Waals surface area contributed by atoms with E-state index in [4.69, 9.17) is 0 Å². The van der Waals surface area contributed by atoms with Crippen LogP contribution in [-0.2, 0) is 6.54 Å². The van der Waals surface area contributed by atoms with Gasteiger partial charge in [0.1, 0.15) is 0 Å². The maximum atomic E-state index is 13.8. The van der Waals surface area contributed by atoms with Crippen LogP contribution in [0.5, 0.6) is 0 Å². The summed E-state index contributed by atoms with van der Waals surface area (Å²) in [6.45, 7) is 5.49. The smallest absolute Gasteiger partial charge is 0.163 e. The maximum Gasteiger partial charge on any atom is 0.163 e. The van der Waals surface area contributed by atoms with E-state index in [1.54, 1.807) is 12.1 Å². The van der Waals surface area contributed by atoms with E-state index in [-0.39, 0.29) is 5.54 Å². The van der Waals surface area contributed by atoms with E-state index in [2.05, 4.69) is 17.1 Å². The summed E-state index contributed by atoms with van der Waals surface area (Å²) in [5.41, 5.74) is 0.547. The fraction of sp³-hybridized carbons (Fsp3) is 0.600. The van der Waals surface area contributed by atoms with Crippen LogP contribution in [0.1, 0.15) is 25.3 Å². The lowest BCUT2D eigenvalue weighted by molar-refractivity contribution is 0.0473. The molecule has 0 aromatic heterocycles. The van der Waals surface area contributed by atoms with Gasteiger partial charge >= 0.3 is 0 Å². The van der Waals surface area contributed by atoms with Gasteiger partial charge in [-0.2, -0.15) is 0 Å². The van der Waals surface area contributed by atoms with Gasteiger partial charge < -0.3 is 5.32 Å². The van der Waals surface area contributed by atoms with Crippen molar-refractivity contribution < 1.29 is 8.78 Å². The molecular weight excluding hydrogens is 246 g/mol. The molecule has 104 valence electrons. The van der Waals surface area contributed by atoms with Gasteiger partial charge in [-0.15, -0.1) is 0 Å². The van der Waals surface area contributed by atoms with Crippen molar-refractivity contribution in [3.05, 3.63) is 35.4 Å². The minimum absolute atomic E-state index is 0.0804. The average Bonchev–Trinajstić information content (AvgIpc) is 3.22. The Morgan fingerprint density at radius 1 is 1.37 bits per heavy atom. The summed E-state index contributed by atoms with van der Waals surface area (Å²) >= 11 is 0. The van der Waals surface area contributed by atoms with Crippen molar-refractivity contribution in [2.75, 3.05) is 19.6 Å². The molecule has 1 saturated carbocycles. The van der Waals surface area contributed by atoms with Crippen LogP contribution >= 0.6 is 0 Å². The molecule has 2 nitrogen and oxygen atoms in total. The van der Waals surface area contributed by atoms with Gasteiger partial charge in [-0.3, -0.25) is 4.90 Å². The molecule has 2 fully saturated rings. The summed E-state index contributed by atoms with van der Waals surface area (Å²) in [5.74, 6) is -0.753. The molecule has 0 spiro atoms. The molecule has 3 rings (SSSR count). The molecule has 1 heterocycles. The van der Waals surface area contributed by atoms with Gasteiger partial charge in [-0.1, -0.05) is 12.1 Å². The first-order valence-corrected chi connectivity index (χ1v) is 7.00. The number of hydrogen-bond donors (Lipinski definition) is 1. The molecule has 19 heavy (non-hydrogen) atoms. The van der Waals surface area contributed by atoms with Crippen molar-refractivity contribution in [3.8, 4) is 0 Å². The highest BCUT2D eigenvalue weighted by molar-refractivity contribution is 5.20. The van der Waals surface area contributed by atoms with Crippen molar-refractivity contribution in [2.24, 2.45) is 5.92 Å². The summed E-state index contributed by atoms with van der Waals surface area (Å²) in [5, 5.41) is 3.43. The standard InChI is InChI=1S/C15H20F2N2/c1-15(12-5-6-12)10-18-7-8-19(15)9-11-3-2-4-13(16)14(11)17/h2-4,12,18H,5-10H2,1H3. The molecule has 0 amide bonds. The summed E-state index contributed by atoms with van der Waals surface area (Å²) in [6, 6.07) is 4.45. The molecule has 1 saturated heterocycles. The molecule has 4 heteroatoms. The number of benzene rings is 1.